The van der Waals surface area contributed by atoms with E-state index in [2.05, 4.69) is 30.3 Å². The largest absolute Gasteiger partial charge is 0.489 e. The average molecular weight is 369 g/mol. The third-order valence-electron chi connectivity index (χ3n) is 4.22. The van der Waals surface area contributed by atoms with Crippen LogP contribution in [0.2, 0.25) is 0 Å². The van der Waals surface area contributed by atoms with Crippen molar-refractivity contribution >= 4 is 17.2 Å². The first-order valence-electron chi connectivity index (χ1n) is 8.57. The van der Waals surface area contributed by atoms with Crippen LogP contribution in [0.3, 0.4) is 0 Å². The Labute approximate surface area is 157 Å². The van der Waals surface area contributed by atoms with Gasteiger partial charge in [0, 0.05) is 24.0 Å². The number of thiophene rings is 1. The van der Waals surface area contributed by atoms with Crippen LogP contribution in [-0.2, 0) is 13.2 Å². The Morgan fingerprint density at radius 3 is 2.96 bits per heavy atom. The van der Waals surface area contributed by atoms with Crippen molar-refractivity contribution in [3.05, 3.63) is 69.7 Å². The highest BCUT2D eigenvalue weighted by Gasteiger charge is 2.13. The van der Waals surface area contributed by atoms with Crippen LogP contribution in [0.15, 0.2) is 48.1 Å². The molecule has 0 aliphatic carbocycles. The van der Waals surface area contributed by atoms with Crippen LogP contribution < -0.4 is 10.1 Å². The molecule has 5 nitrogen and oxygen atoms in total. The van der Waals surface area contributed by atoms with Crippen LogP contribution >= 0.6 is 11.3 Å². The molecule has 3 aromatic rings. The van der Waals surface area contributed by atoms with E-state index in [1.807, 2.05) is 47.4 Å². The minimum Gasteiger partial charge on any atom is -0.489 e. The van der Waals surface area contributed by atoms with E-state index >= 15 is 0 Å². The van der Waals surface area contributed by atoms with E-state index in [0.717, 1.165) is 16.9 Å². The van der Waals surface area contributed by atoms with Crippen molar-refractivity contribution in [1.29, 1.82) is 0 Å². The SMILES string of the molecule is Cc1cccc(OCc2csc(C(=O)NC(C)Cn3cccn3)c2)c1C. The van der Waals surface area contributed by atoms with E-state index in [1.165, 1.54) is 16.9 Å². The Hall–Kier alpha value is -2.60. The molecule has 1 unspecified atom stereocenters. The summed E-state index contributed by atoms with van der Waals surface area (Å²) in [7, 11) is 0. The monoisotopic (exact) mass is 369 g/mol. The number of aryl methyl sites for hydroxylation is 1. The molecule has 0 fully saturated rings. The van der Waals surface area contributed by atoms with Crippen LogP contribution in [0.4, 0.5) is 0 Å². The standard InChI is InChI=1S/C20H23N3O2S/c1-14-6-4-7-18(16(14)3)25-12-17-10-19(26-13-17)20(24)22-15(2)11-23-9-5-8-21-23/h4-10,13,15H,11-12H2,1-3H3,(H,22,24). The highest BCUT2D eigenvalue weighted by molar-refractivity contribution is 7.12. The van der Waals surface area contributed by atoms with Gasteiger partial charge in [0.25, 0.3) is 5.91 Å². The maximum absolute atomic E-state index is 12.4. The molecule has 2 heterocycles. The summed E-state index contributed by atoms with van der Waals surface area (Å²) in [6.45, 7) is 7.19. The molecule has 0 radical (unpaired) electrons. The van der Waals surface area contributed by atoms with Gasteiger partial charge in [-0.1, -0.05) is 12.1 Å². The summed E-state index contributed by atoms with van der Waals surface area (Å²) >= 11 is 1.44. The molecule has 3 rings (SSSR count). The van der Waals surface area contributed by atoms with E-state index in [0.29, 0.717) is 18.0 Å². The van der Waals surface area contributed by atoms with E-state index in [9.17, 15) is 4.79 Å². The lowest BCUT2D eigenvalue weighted by Gasteiger charge is -2.13. The third-order valence-corrected chi connectivity index (χ3v) is 5.20. The molecule has 1 N–H and O–H groups in total. The number of carbonyl (C=O) groups excluding carboxylic acids is 1. The number of hydrogen-bond acceptors (Lipinski definition) is 4. The molecule has 1 aromatic carbocycles. The minimum atomic E-state index is -0.0624. The maximum Gasteiger partial charge on any atom is 0.261 e. The number of amides is 1. The smallest absolute Gasteiger partial charge is 0.261 e. The predicted molar refractivity (Wildman–Crippen MR) is 104 cm³/mol. The highest BCUT2D eigenvalue weighted by atomic mass is 32.1. The number of nitrogens with one attached hydrogen (secondary N) is 1. The fraction of sp³-hybridized carbons (Fsp3) is 0.300. The van der Waals surface area contributed by atoms with Gasteiger partial charge in [-0.3, -0.25) is 9.48 Å². The molecule has 6 heteroatoms. The summed E-state index contributed by atoms with van der Waals surface area (Å²) in [5, 5.41) is 9.14. The van der Waals surface area contributed by atoms with E-state index < -0.39 is 0 Å². The highest BCUT2D eigenvalue weighted by Crippen LogP contribution is 2.23. The van der Waals surface area contributed by atoms with E-state index in [4.69, 9.17) is 4.74 Å². The van der Waals surface area contributed by atoms with Crippen LogP contribution in [-0.4, -0.2) is 21.7 Å². The first kappa shape index (κ1) is 18.2. The van der Waals surface area contributed by atoms with Crippen molar-refractivity contribution in [2.45, 2.75) is 40.0 Å². The van der Waals surface area contributed by atoms with Gasteiger partial charge in [-0.05, 0) is 55.5 Å². The molecule has 1 amide bonds. The number of carbonyl (C=O) groups is 1. The summed E-state index contributed by atoms with van der Waals surface area (Å²) in [4.78, 5) is 13.1. The molecule has 0 aliphatic rings. The van der Waals surface area contributed by atoms with Gasteiger partial charge >= 0.3 is 0 Å². The number of rotatable bonds is 7. The van der Waals surface area contributed by atoms with Gasteiger partial charge in [-0.25, -0.2) is 0 Å². The summed E-state index contributed by atoms with van der Waals surface area (Å²) < 4.78 is 7.72. The quantitative estimate of drug-likeness (QED) is 0.686. The van der Waals surface area contributed by atoms with Gasteiger partial charge in [-0.15, -0.1) is 11.3 Å². The van der Waals surface area contributed by atoms with Gasteiger partial charge in [-0.2, -0.15) is 5.10 Å². The predicted octanol–water partition coefficient (Wildman–Crippen LogP) is 3.96. The van der Waals surface area contributed by atoms with Crippen molar-refractivity contribution in [2.75, 3.05) is 0 Å². The second-order valence-electron chi connectivity index (χ2n) is 6.41. The Bertz CT molecular complexity index is 871. The zero-order valence-corrected chi connectivity index (χ0v) is 16.0. The summed E-state index contributed by atoms with van der Waals surface area (Å²) in [5.74, 6) is 0.822. The van der Waals surface area contributed by atoms with Crippen molar-refractivity contribution in [1.82, 2.24) is 15.1 Å². The Morgan fingerprint density at radius 1 is 1.35 bits per heavy atom. The zero-order chi connectivity index (χ0) is 18.5. The number of aromatic nitrogens is 2. The molecule has 26 heavy (non-hydrogen) atoms. The number of hydrogen-bond donors (Lipinski definition) is 1. The van der Waals surface area contributed by atoms with Crippen LogP contribution in [0.25, 0.3) is 0 Å². The van der Waals surface area contributed by atoms with Crippen LogP contribution in [0, 0.1) is 13.8 Å². The van der Waals surface area contributed by atoms with Crippen molar-refractivity contribution in [3.63, 3.8) is 0 Å². The Balaban J connectivity index is 1.55. The lowest BCUT2D eigenvalue weighted by Crippen LogP contribution is -2.35. The summed E-state index contributed by atoms with van der Waals surface area (Å²) in [5.41, 5.74) is 3.35. The molecule has 1 atom stereocenters. The second kappa shape index (κ2) is 8.19. The second-order valence-corrected chi connectivity index (χ2v) is 7.32. The van der Waals surface area contributed by atoms with E-state index in [-0.39, 0.29) is 11.9 Å². The molecular weight excluding hydrogens is 346 g/mol. The number of benzene rings is 1. The fourth-order valence-electron chi connectivity index (χ4n) is 2.64. The molecule has 136 valence electrons. The molecule has 0 bridgehead atoms. The van der Waals surface area contributed by atoms with Gasteiger partial charge in [0.15, 0.2) is 0 Å². The third kappa shape index (κ3) is 4.52. The number of nitrogens with zero attached hydrogens (tertiary/aromatic N) is 2. The van der Waals surface area contributed by atoms with Gasteiger partial charge in [0.05, 0.1) is 11.4 Å². The summed E-state index contributed by atoms with van der Waals surface area (Å²) in [6, 6.07) is 9.80. The maximum atomic E-state index is 12.4. The van der Waals surface area contributed by atoms with Gasteiger partial charge in [0.2, 0.25) is 0 Å². The first-order chi connectivity index (χ1) is 12.5. The minimum absolute atomic E-state index is 0.000793. The topological polar surface area (TPSA) is 56.1 Å². The molecular formula is C20H23N3O2S. The zero-order valence-electron chi connectivity index (χ0n) is 15.2. The molecule has 0 aliphatic heterocycles. The van der Waals surface area contributed by atoms with Gasteiger partial charge < -0.3 is 10.1 Å². The fourth-order valence-corrected chi connectivity index (χ4v) is 3.44. The molecule has 0 spiro atoms. The normalized spacial score (nSPS) is 12.0. The number of ether oxygens (including phenoxy) is 1. The average Bonchev–Trinajstić information content (AvgIpc) is 3.28. The Kier molecular flexibility index (Phi) is 5.73. The molecule has 2 aromatic heterocycles. The molecule has 0 saturated heterocycles. The van der Waals surface area contributed by atoms with Crippen molar-refractivity contribution in [2.24, 2.45) is 0 Å². The summed E-state index contributed by atoms with van der Waals surface area (Å²) in [6.07, 6.45) is 3.62. The van der Waals surface area contributed by atoms with E-state index in [1.54, 1.807) is 6.20 Å². The van der Waals surface area contributed by atoms with Crippen LogP contribution in [0.5, 0.6) is 5.75 Å². The first-order valence-corrected chi connectivity index (χ1v) is 9.45. The van der Waals surface area contributed by atoms with Crippen molar-refractivity contribution in [3.8, 4) is 5.75 Å². The Morgan fingerprint density at radius 2 is 2.19 bits per heavy atom. The van der Waals surface area contributed by atoms with Gasteiger partial charge in [0.1, 0.15) is 12.4 Å². The van der Waals surface area contributed by atoms with Crippen LogP contribution in [0.1, 0.15) is 33.3 Å². The lowest BCUT2D eigenvalue weighted by molar-refractivity contribution is 0.0940. The lowest BCUT2D eigenvalue weighted by atomic mass is 10.1. The molecule has 0 saturated carbocycles. The van der Waals surface area contributed by atoms with Crippen molar-refractivity contribution < 1.29 is 9.53 Å².